The number of hydrogen-bond donors (Lipinski definition) is 1. The zero-order valence-electron chi connectivity index (χ0n) is 11.6. The lowest BCUT2D eigenvalue weighted by Gasteiger charge is -2.05. The molecule has 0 spiro atoms. The van der Waals surface area contributed by atoms with Crippen molar-refractivity contribution >= 4 is 34.8 Å². The van der Waals surface area contributed by atoms with Crippen LogP contribution in [-0.2, 0) is 0 Å². The molecule has 1 heterocycles. The van der Waals surface area contributed by atoms with Gasteiger partial charge in [0.25, 0.3) is 5.91 Å². The first-order valence-corrected chi connectivity index (χ1v) is 7.41. The predicted molar refractivity (Wildman–Crippen MR) is 88.5 cm³/mol. The Balaban J connectivity index is 1.82. The van der Waals surface area contributed by atoms with Gasteiger partial charge in [-0.1, -0.05) is 35.3 Å². The molecule has 0 aliphatic heterocycles. The molecule has 3 rings (SSSR count). The molecule has 2 aromatic carbocycles. The van der Waals surface area contributed by atoms with Crippen molar-refractivity contribution in [3.63, 3.8) is 0 Å². The Kier molecular flexibility index (Phi) is 4.37. The number of halogens is 3. The van der Waals surface area contributed by atoms with Crippen LogP contribution in [0.3, 0.4) is 0 Å². The molecule has 0 saturated heterocycles. The minimum absolute atomic E-state index is 0.0130. The summed E-state index contributed by atoms with van der Waals surface area (Å²) < 4.78 is 18.7. The van der Waals surface area contributed by atoms with E-state index in [-0.39, 0.29) is 10.8 Å². The lowest BCUT2D eigenvalue weighted by Crippen LogP contribution is -2.11. The summed E-state index contributed by atoms with van der Waals surface area (Å²) in [6.07, 6.45) is 0. The van der Waals surface area contributed by atoms with E-state index in [0.717, 1.165) is 0 Å². The van der Waals surface area contributed by atoms with Crippen molar-refractivity contribution in [1.82, 2.24) is 0 Å². The van der Waals surface area contributed by atoms with Crippen LogP contribution in [-0.4, -0.2) is 5.91 Å². The summed E-state index contributed by atoms with van der Waals surface area (Å²) in [5, 5.41) is 3.08. The van der Waals surface area contributed by atoms with Gasteiger partial charge in [0.15, 0.2) is 5.76 Å². The van der Waals surface area contributed by atoms with Gasteiger partial charge in [-0.05, 0) is 42.5 Å². The SMILES string of the molecule is O=C(Nc1ccccc1Cl)c1ccc(-c2ccc(F)c(Cl)c2)o1. The number of carbonyl (C=O) groups is 1. The number of rotatable bonds is 3. The minimum Gasteiger partial charge on any atom is -0.451 e. The molecule has 0 radical (unpaired) electrons. The van der Waals surface area contributed by atoms with E-state index in [0.29, 0.717) is 22.0 Å². The fraction of sp³-hybridized carbons (Fsp3) is 0. The highest BCUT2D eigenvalue weighted by atomic mass is 35.5. The van der Waals surface area contributed by atoms with Crippen LogP contribution < -0.4 is 5.32 Å². The van der Waals surface area contributed by atoms with E-state index in [9.17, 15) is 9.18 Å². The van der Waals surface area contributed by atoms with Crippen molar-refractivity contribution < 1.29 is 13.6 Å². The molecular formula is C17H10Cl2FNO2. The molecule has 116 valence electrons. The molecule has 0 atom stereocenters. The third-order valence-electron chi connectivity index (χ3n) is 3.16. The number of carbonyl (C=O) groups excluding carboxylic acids is 1. The average molecular weight is 350 g/mol. The molecule has 1 amide bonds. The summed E-state index contributed by atoms with van der Waals surface area (Å²) in [5.41, 5.74) is 1.06. The van der Waals surface area contributed by atoms with Gasteiger partial charge in [-0.25, -0.2) is 4.39 Å². The molecule has 6 heteroatoms. The van der Waals surface area contributed by atoms with E-state index >= 15 is 0 Å². The smallest absolute Gasteiger partial charge is 0.291 e. The second-order valence-corrected chi connectivity index (χ2v) is 5.54. The van der Waals surface area contributed by atoms with Crippen LogP contribution in [0, 0.1) is 5.82 Å². The van der Waals surface area contributed by atoms with Gasteiger partial charge in [-0.3, -0.25) is 4.79 Å². The van der Waals surface area contributed by atoms with Gasteiger partial charge < -0.3 is 9.73 Å². The van der Waals surface area contributed by atoms with Crippen LogP contribution in [0.25, 0.3) is 11.3 Å². The van der Waals surface area contributed by atoms with Gasteiger partial charge >= 0.3 is 0 Å². The average Bonchev–Trinajstić information content (AvgIpc) is 3.02. The quantitative estimate of drug-likeness (QED) is 0.664. The lowest BCUT2D eigenvalue weighted by atomic mass is 10.2. The van der Waals surface area contributed by atoms with E-state index in [4.69, 9.17) is 27.6 Å². The highest BCUT2D eigenvalue weighted by Gasteiger charge is 2.14. The van der Waals surface area contributed by atoms with Gasteiger partial charge in [0.2, 0.25) is 0 Å². The summed E-state index contributed by atoms with van der Waals surface area (Å²) in [5.74, 6) is -0.423. The minimum atomic E-state index is -0.515. The molecule has 0 unspecified atom stereocenters. The summed E-state index contributed by atoms with van der Waals surface area (Å²) in [6.45, 7) is 0. The Morgan fingerprint density at radius 1 is 1.00 bits per heavy atom. The van der Waals surface area contributed by atoms with Crippen molar-refractivity contribution in [3.8, 4) is 11.3 Å². The second-order valence-electron chi connectivity index (χ2n) is 4.73. The molecule has 1 N–H and O–H groups in total. The van der Waals surface area contributed by atoms with Gasteiger partial charge in [0, 0.05) is 5.56 Å². The monoisotopic (exact) mass is 349 g/mol. The van der Waals surface area contributed by atoms with Gasteiger partial charge in [0.1, 0.15) is 11.6 Å². The molecule has 1 aromatic heterocycles. The molecule has 3 aromatic rings. The summed E-state index contributed by atoms with van der Waals surface area (Å²) in [4.78, 5) is 12.2. The largest absolute Gasteiger partial charge is 0.451 e. The van der Waals surface area contributed by atoms with E-state index in [1.165, 1.54) is 24.3 Å². The van der Waals surface area contributed by atoms with E-state index in [1.807, 2.05) is 0 Å². The standard InChI is InChI=1S/C17H10Cl2FNO2/c18-11-3-1-2-4-14(11)21-17(22)16-8-7-15(23-16)10-5-6-13(20)12(19)9-10/h1-9H,(H,21,22). The number of hydrogen-bond acceptors (Lipinski definition) is 2. The number of para-hydroxylation sites is 1. The number of benzene rings is 2. The van der Waals surface area contributed by atoms with Crippen LogP contribution in [0.2, 0.25) is 10.0 Å². The first-order chi connectivity index (χ1) is 11.0. The predicted octanol–water partition coefficient (Wildman–Crippen LogP) is 5.64. The summed E-state index contributed by atoms with van der Waals surface area (Å²) in [7, 11) is 0. The zero-order valence-corrected chi connectivity index (χ0v) is 13.2. The van der Waals surface area contributed by atoms with Crippen LogP contribution in [0.15, 0.2) is 59.0 Å². The highest BCUT2D eigenvalue weighted by molar-refractivity contribution is 6.33. The van der Waals surface area contributed by atoms with Crippen molar-refractivity contribution in [2.24, 2.45) is 0 Å². The Labute approximate surface area is 141 Å². The number of anilines is 1. The molecule has 0 bridgehead atoms. The number of furan rings is 1. The van der Waals surface area contributed by atoms with E-state index in [1.54, 1.807) is 30.3 Å². The van der Waals surface area contributed by atoms with Gasteiger partial charge in [0.05, 0.1) is 15.7 Å². The van der Waals surface area contributed by atoms with Crippen LogP contribution >= 0.6 is 23.2 Å². The molecule has 0 fully saturated rings. The first kappa shape index (κ1) is 15.6. The zero-order chi connectivity index (χ0) is 16.4. The second kappa shape index (κ2) is 6.44. The Bertz CT molecular complexity index is 877. The van der Waals surface area contributed by atoms with Crippen LogP contribution in [0.4, 0.5) is 10.1 Å². The van der Waals surface area contributed by atoms with Crippen molar-refractivity contribution in [2.75, 3.05) is 5.32 Å². The number of amides is 1. The Hall–Kier alpha value is -2.30. The summed E-state index contributed by atoms with van der Waals surface area (Å²) in [6, 6.07) is 14.2. The Morgan fingerprint density at radius 3 is 2.52 bits per heavy atom. The first-order valence-electron chi connectivity index (χ1n) is 6.66. The lowest BCUT2D eigenvalue weighted by molar-refractivity contribution is 0.0997. The number of nitrogens with one attached hydrogen (secondary N) is 1. The van der Waals surface area contributed by atoms with E-state index in [2.05, 4.69) is 5.32 Å². The third-order valence-corrected chi connectivity index (χ3v) is 3.78. The maximum absolute atomic E-state index is 13.2. The molecule has 0 aliphatic carbocycles. The fourth-order valence-electron chi connectivity index (χ4n) is 2.01. The molecule has 3 nitrogen and oxygen atoms in total. The maximum atomic E-state index is 13.2. The maximum Gasteiger partial charge on any atom is 0.291 e. The van der Waals surface area contributed by atoms with Crippen LogP contribution in [0.1, 0.15) is 10.6 Å². The normalized spacial score (nSPS) is 10.6. The molecular weight excluding hydrogens is 340 g/mol. The van der Waals surface area contributed by atoms with Gasteiger partial charge in [-0.15, -0.1) is 0 Å². The summed E-state index contributed by atoms with van der Waals surface area (Å²) >= 11 is 11.7. The topological polar surface area (TPSA) is 42.2 Å². The fourth-order valence-corrected chi connectivity index (χ4v) is 2.37. The molecule has 0 aliphatic rings. The van der Waals surface area contributed by atoms with Gasteiger partial charge in [-0.2, -0.15) is 0 Å². The van der Waals surface area contributed by atoms with Crippen molar-refractivity contribution in [1.29, 1.82) is 0 Å². The molecule has 0 saturated carbocycles. The third kappa shape index (κ3) is 3.38. The highest BCUT2D eigenvalue weighted by Crippen LogP contribution is 2.27. The van der Waals surface area contributed by atoms with Crippen LogP contribution in [0.5, 0.6) is 0 Å². The Morgan fingerprint density at radius 2 is 1.78 bits per heavy atom. The van der Waals surface area contributed by atoms with E-state index < -0.39 is 11.7 Å². The van der Waals surface area contributed by atoms with Crippen molar-refractivity contribution in [2.45, 2.75) is 0 Å². The van der Waals surface area contributed by atoms with Crippen molar-refractivity contribution in [3.05, 3.63) is 76.2 Å². The molecule has 23 heavy (non-hydrogen) atoms.